The van der Waals surface area contributed by atoms with E-state index < -0.39 is 0 Å². The lowest BCUT2D eigenvalue weighted by Gasteiger charge is -2.16. The second kappa shape index (κ2) is 9.98. The highest BCUT2D eigenvalue weighted by molar-refractivity contribution is 5.77. The fourth-order valence-corrected chi connectivity index (χ4v) is 3.08. The number of hydrogen-bond donors (Lipinski definition) is 2. The van der Waals surface area contributed by atoms with Crippen LogP contribution in [0.3, 0.4) is 0 Å². The molecule has 0 saturated carbocycles. The van der Waals surface area contributed by atoms with Gasteiger partial charge in [0.15, 0.2) is 0 Å². The van der Waals surface area contributed by atoms with Crippen LogP contribution in [0.2, 0.25) is 0 Å². The molecule has 0 spiro atoms. The van der Waals surface area contributed by atoms with Gasteiger partial charge in [0.2, 0.25) is 5.91 Å². The molecule has 0 radical (unpaired) electrons. The highest BCUT2D eigenvalue weighted by atomic mass is 19.1. The standard InChI is InChI=1S/C23H27FN4O/c1-17-5-7-18(8-6-17)15-25-23(29)16-28(2)13-3-4-21-14-22(27-26-21)19-9-11-20(24)12-10-19/h5-12,14H,3-4,13,15-16H2,1-2H3,(H,25,29)(H,26,27). The molecule has 2 aromatic carbocycles. The van der Waals surface area contributed by atoms with E-state index in [1.54, 1.807) is 12.1 Å². The van der Waals surface area contributed by atoms with Crippen molar-refractivity contribution >= 4 is 5.91 Å². The normalized spacial score (nSPS) is 11.0. The maximum Gasteiger partial charge on any atom is 0.234 e. The minimum atomic E-state index is -0.254. The van der Waals surface area contributed by atoms with Gasteiger partial charge < -0.3 is 5.32 Å². The molecule has 0 unspecified atom stereocenters. The summed E-state index contributed by atoms with van der Waals surface area (Å²) in [6, 6.07) is 16.5. The predicted octanol–water partition coefficient (Wildman–Crippen LogP) is 3.71. The van der Waals surface area contributed by atoms with Crippen LogP contribution >= 0.6 is 0 Å². The molecule has 1 heterocycles. The predicted molar refractivity (Wildman–Crippen MR) is 113 cm³/mol. The van der Waals surface area contributed by atoms with Crippen molar-refractivity contribution in [2.24, 2.45) is 0 Å². The highest BCUT2D eigenvalue weighted by Gasteiger charge is 2.08. The van der Waals surface area contributed by atoms with E-state index in [1.165, 1.54) is 17.7 Å². The lowest BCUT2D eigenvalue weighted by Crippen LogP contribution is -2.35. The van der Waals surface area contributed by atoms with E-state index in [-0.39, 0.29) is 11.7 Å². The van der Waals surface area contributed by atoms with Crippen LogP contribution in [0.25, 0.3) is 11.3 Å². The molecule has 0 aliphatic rings. The Labute approximate surface area is 170 Å². The van der Waals surface area contributed by atoms with E-state index in [0.29, 0.717) is 13.1 Å². The van der Waals surface area contributed by atoms with Gasteiger partial charge in [-0.3, -0.25) is 14.8 Å². The molecule has 0 saturated heterocycles. The number of aromatic amines is 1. The molecule has 2 N–H and O–H groups in total. The Hall–Kier alpha value is -2.99. The van der Waals surface area contributed by atoms with Crippen molar-refractivity contribution in [3.8, 4) is 11.3 Å². The van der Waals surface area contributed by atoms with Gasteiger partial charge in [-0.05, 0) is 69.3 Å². The molecule has 0 bridgehead atoms. The molecule has 0 fully saturated rings. The van der Waals surface area contributed by atoms with E-state index in [2.05, 4.69) is 15.5 Å². The third-order valence-corrected chi connectivity index (χ3v) is 4.78. The second-order valence-corrected chi connectivity index (χ2v) is 7.39. The number of nitrogens with zero attached hydrogens (tertiary/aromatic N) is 2. The van der Waals surface area contributed by atoms with Crippen molar-refractivity contribution in [3.63, 3.8) is 0 Å². The Kier molecular flexibility index (Phi) is 7.14. The van der Waals surface area contributed by atoms with Crippen LogP contribution in [0.15, 0.2) is 54.6 Å². The average molecular weight is 394 g/mol. The minimum Gasteiger partial charge on any atom is -0.351 e. The van der Waals surface area contributed by atoms with Gasteiger partial charge >= 0.3 is 0 Å². The smallest absolute Gasteiger partial charge is 0.234 e. The summed E-state index contributed by atoms with van der Waals surface area (Å²) in [5, 5.41) is 10.3. The molecule has 6 heteroatoms. The van der Waals surface area contributed by atoms with Crippen molar-refractivity contribution in [1.29, 1.82) is 0 Å². The molecule has 0 aliphatic heterocycles. The zero-order chi connectivity index (χ0) is 20.6. The number of amides is 1. The van der Waals surface area contributed by atoms with Gasteiger partial charge in [-0.2, -0.15) is 5.10 Å². The van der Waals surface area contributed by atoms with E-state index in [0.717, 1.165) is 41.9 Å². The van der Waals surface area contributed by atoms with Gasteiger partial charge in [0.05, 0.1) is 12.2 Å². The van der Waals surface area contributed by atoms with Gasteiger partial charge in [0, 0.05) is 17.8 Å². The number of aryl methyl sites for hydroxylation is 2. The van der Waals surface area contributed by atoms with Crippen LogP contribution in [0.5, 0.6) is 0 Å². The summed E-state index contributed by atoms with van der Waals surface area (Å²) in [4.78, 5) is 14.1. The SMILES string of the molecule is Cc1ccc(CNC(=O)CN(C)CCCc2cc(-c3ccc(F)cc3)n[nH]2)cc1. The Morgan fingerprint density at radius 1 is 1.14 bits per heavy atom. The van der Waals surface area contributed by atoms with Crippen molar-refractivity contribution in [2.45, 2.75) is 26.3 Å². The summed E-state index contributed by atoms with van der Waals surface area (Å²) >= 11 is 0. The van der Waals surface area contributed by atoms with E-state index in [1.807, 2.05) is 49.2 Å². The number of carbonyl (C=O) groups is 1. The number of carbonyl (C=O) groups excluding carboxylic acids is 1. The zero-order valence-corrected chi connectivity index (χ0v) is 16.9. The number of aromatic nitrogens is 2. The zero-order valence-electron chi connectivity index (χ0n) is 16.9. The van der Waals surface area contributed by atoms with Gasteiger partial charge in [-0.15, -0.1) is 0 Å². The minimum absolute atomic E-state index is 0.0215. The first kappa shape index (κ1) is 20.7. The third kappa shape index (κ3) is 6.54. The summed E-state index contributed by atoms with van der Waals surface area (Å²) in [6.45, 7) is 3.77. The van der Waals surface area contributed by atoms with Crippen molar-refractivity contribution in [1.82, 2.24) is 20.4 Å². The lowest BCUT2D eigenvalue weighted by atomic mass is 10.1. The third-order valence-electron chi connectivity index (χ3n) is 4.78. The summed E-state index contributed by atoms with van der Waals surface area (Å²) in [5.41, 5.74) is 5.03. The lowest BCUT2D eigenvalue weighted by molar-refractivity contribution is -0.122. The molecule has 152 valence electrons. The molecular weight excluding hydrogens is 367 g/mol. The fourth-order valence-electron chi connectivity index (χ4n) is 3.08. The van der Waals surface area contributed by atoms with Crippen LogP contribution in [0, 0.1) is 12.7 Å². The number of benzene rings is 2. The maximum atomic E-state index is 13.0. The van der Waals surface area contributed by atoms with Crippen LogP contribution in [0.4, 0.5) is 4.39 Å². The van der Waals surface area contributed by atoms with Crippen LogP contribution in [-0.2, 0) is 17.8 Å². The molecule has 3 aromatic rings. The first-order chi connectivity index (χ1) is 14.0. The number of hydrogen-bond acceptors (Lipinski definition) is 3. The fraction of sp³-hybridized carbons (Fsp3) is 0.304. The molecule has 0 atom stereocenters. The number of halogens is 1. The van der Waals surface area contributed by atoms with Gasteiger partial charge in [-0.1, -0.05) is 29.8 Å². The molecular formula is C23H27FN4O. The van der Waals surface area contributed by atoms with E-state index >= 15 is 0 Å². The molecule has 5 nitrogen and oxygen atoms in total. The average Bonchev–Trinajstić information content (AvgIpc) is 3.17. The first-order valence-electron chi connectivity index (χ1n) is 9.80. The largest absolute Gasteiger partial charge is 0.351 e. The van der Waals surface area contributed by atoms with Crippen LogP contribution in [0.1, 0.15) is 23.2 Å². The summed E-state index contributed by atoms with van der Waals surface area (Å²) < 4.78 is 13.0. The summed E-state index contributed by atoms with van der Waals surface area (Å²) in [5.74, 6) is -0.233. The van der Waals surface area contributed by atoms with Gasteiger partial charge in [0.25, 0.3) is 0 Å². The number of rotatable bonds is 9. The van der Waals surface area contributed by atoms with Crippen molar-refractivity contribution < 1.29 is 9.18 Å². The maximum absolute atomic E-state index is 13.0. The summed E-state index contributed by atoms with van der Waals surface area (Å²) in [6.07, 6.45) is 1.75. The Morgan fingerprint density at radius 3 is 2.59 bits per heavy atom. The monoisotopic (exact) mass is 394 g/mol. The Bertz CT molecular complexity index is 919. The van der Waals surface area contributed by atoms with E-state index in [9.17, 15) is 9.18 Å². The first-order valence-corrected chi connectivity index (χ1v) is 9.80. The van der Waals surface area contributed by atoms with Crippen LogP contribution < -0.4 is 5.32 Å². The molecule has 29 heavy (non-hydrogen) atoms. The van der Waals surface area contributed by atoms with Gasteiger partial charge in [0.1, 0.15) is 5.82 Å². The molecule has 1 amide bonds. The number of H-pyrrole nitrogens is 1. The summed E-state index contributed by atoms with van der Waals surface area (Å²) in [7, 11) is 1.95. The molecule has 0 aliphatic carbocycles. The number of nitrogens with one attached hydrogen (secondary N) is 2. The quantitative estimate of drug-likeness (QED) is 0.582. The Balaban J connectivity index is 1.37. The van der Waals surface area contributed by atoms with Crippen molar-refractivity contribution in [2.75, 3.05) is 20.1 Å². The Morgan fingerprint density at radius 2 is 1.86 bits per heavy atom. The van der Waals surface area contributed by atoms with E-state index in [4.69, 9.17) is 0 Å². The second-order valence-electron chi connectivity index (χ2n) is 7.39. The highest BCUT2D eigenvalue weighted by Crippen LogP contribution is 2.18. The molecule has 3 rings (SSSR count). The van der Waals surface area contributed by atoms with Crippen molar-refractivity contribution in [3.05, 3.63) is 77.2 Å². The molecule has 1 aromatic heterocycles. The number of likely N-dealkylation sites (N-methyl/N-ethyl adjacent to an activating group) is 1. The topological polar surface area (TPSA) is 61.0 Å². The van der Waals surface area contributed by atoms with Gasteiger partial charge in [-0.25, -0.2) is 4.39 Å². The van der Waals surface area contributed by atoms with Crippen LogP contribution in [-0.4, -0.2) is 41.1 Å².